The minimum atomic E-state index is -3.92. The molecule has 0 bridgehead atoms. The molecular formula is C12H14BrN3O3S. The van der Waals surface area contributed by atoms with Gasteiger partial charge in [-0.05, 0) is 40.6 Å². The van der Waals surface area contributed by atoms with Crippen LogP contribution in [-0.2, 0) is 10.0 Å². The first-order chi connectivity index (χ1) is 9.45. The lowest BCUT2D eigenvalue weighted by Crippen LogP contribution is -2.49. The lowest BCUT2D eigenvalue weighted by molar-refractivity contribution is 0.179. The van der Waals surface area contributed by atoms with Crippen molar-refractivity contribution >= 4 is 32.0 Å². The summed E-state index contributed by atoms with van der Waals surface area (Å²) in [6.45, 7) is 1.91. The van der Waals surface area contributed by atoms with Crippen LogP contribution in [0.15, 0.2) is 45.9 Å². The number of nitrogens with zero attached hydrogens (tertiary/aromatic N) is 1. The van der Waals surface area contributed by atoms with Crippen LogP contribution < -0.4 is 10.1 Å². The van der Waals surface area contributed by atoms with Crippen molar-refractivity contribution in [3.8, 4) is 0 Å². The third-order valence-electron chi connectivity index (χ3n) is 2.85. The third kappa shape index (κ3) is 2.96. The van der Waals surface area contributed by atoms with Gasteiger partial charge in [0.05, 0.1) is 6.04 Å². The van der Waals surface area contributed by atoms with Crippen LogP contribution in [-0.4, -0.2) is 25.5 Å². The fraction of sp³-hybridized carbons (Fsp3) is 0.250. The van der Waals surface area contributed by atoms with Crippen molar-refractivity contribution in [2.75, 3.05) is 0 Å². The molecule has 2 rings (SSSR count). The van der Waals surface area contributed by atoms with Crippen LogP contribution in [0.5, 0.6) is 0 Å². The highest BCUT2D eigenvalue weighted by atomic mass is 79.9. The zero-order valence-corrected chi connectivity index (χ0v) is 13.1. The molecule has 1 aromatic carbocycles. The fourth-order valence-corrected chi connectivity index (χ4v) is 3.77. The minimum absolute atomic E-state index is 0.0218. The third-order valence-corrected chi connectivity index (χ3v) is 5.18. The summed E-state index contributed by atoms with van der Waals surface area (Å²) in [5, 5.41) is 1.24. The van der Waals surface area contributed by atoms with E-state index in [0.717, 1.165) is 0 Å². The summed E-state index contributed by atoms with van der Waals surface area (Å²) in [4.78, 5) is 12.1. The van der Waals surface area contributed by atoms with Gasteiger partial charge in [-0.15, -0.1) is 0 Å². The van der Waals surface area contributed by atoms with E-state index in [4.69, 9.17) is 0 Å². The van der Waals surface area contributed by atoms with Crippen molar-refractivity contribution in [2.24, 2.45) is 0 Å². The number of carbonyl (C=O) groups is 1. The normalized spacial score (nSPS) is 17.9. The van der Waals surface area contributed by atoms with Crippen molar-refractivity contribution < 1.29 is 13.2 Å². The van der Waals surface area contributed by atoms with Crippen molar-refractivity contribution in [1.82, 2.24) is 15.2 Å². The molecule has 0 aromatic heterocycles. The molecule has 0 saturated heterocycles. The van der Waals surface area contributed by atoms with Crippen molar-refractivity contribution in [3.63, 3.8) is 0 Å². The van der Waals surface area contributed by atoms with E-state index < -0.39 is 16.1 Å². The summed E-state index contributed by atoms with van der Waals surface area (Å²) < 4.78 is 26.8. The Kier molecular flexibility index (Phi) is 4.34. The minimum Gasteiger partial charge on any atom is -0.302 e. The molecule has 6 nitrogen and oxygen atoms in total. The summed E-state index contributed by atoms with van der Waals surface area (Å²) in [5.74, 6) is 0. The van der Waals surface area contributed by atoms with Gasteiger partial charge in [-0.25, -0.2) is 22.9 Å². The summed E-state index contributed by atoms with van der Waals surface area (Å²) in [7, 11) is -3.92. The quantitative estimate of drug-likeness (QED) is 0.864. The van der Waals surface area contributed by atoms with Gasteiger partial charge in [0.25, 0.3) is 10.0 Å². The second kappa shape index (κ2) is 5.84. The zero-order valence-electron chi connectivity index (χ0n) is 10.7. The average Bonchev–Trinajstić information content (AvgIpc) is 2.86. The number of carbonyl (C=O) groups excluding carboxylic acids is 1. The molecule has 2 amide bonds. The maximum atomic E-state index is 12.2. The molecule has 0 aliphatic carbocycles. The highest BCUT2D eigenvalue weighted by molar-refractivity contribution is 9.10. The van der Waals surface area contributed by atoms with Gasteiger partial charge in [0.15, 0.2) is 0 Å². The Labute approximate surface area is 126 Å². The van der Waals surface area contributed by atoms with Gasteiger partial charge in [0.2, 0.25) is 0 Å². The highest BCUT2D eigenvalue weighted by Crippen LogP contribution is 2.21. The van der Waals surface area contributed by atoms with Gasteiger partial charge >= 0.3 is 6.03 Å². The van der Waals surface area contributed by atoms with Crippen molar-refractivity contribution in [1.29, 1.82) is 0 Å². The largest absolute Gasteiger partial charge is 0.350 e. The van der Waals surface area contributed by atoms with Crippen LogP contribution in [0.3, 0.4) is 0 Å². The summed E-state index contributed by atoms with van der Waals surface area (Å²) in [6.07, 6.45) is 4.09. The van der Waals surface area contributed by atoms with Crippen LogP contribution in [0.2, 0.25) is 0 Å². The first-order valence-corrected chi connectivity index (χ1v) is 8.26. The molecule has 1 aliphatic rings. The second-order valence-electron chi connectivity index (χ2n) is 4.17. The Balaban J connectivity index is 2.17. The monoisotopic (exact) mass is 359 g/mol. The van der Waals surface area contributed by atoms with Gasteiger partial charge in [0, 0.05) is 10.7 Å². The Bertz CT molecular complexity index is 645. The Morgan fingerprint density at radius 1 is 1.45 bits per heavy atom. The number of amides is 2. The van der Waals surface area contributed by atoms with E-state index in [-0.39, 0.29) is 10.9 Å². The molecule has 1 atom stereocenters. The number of hydrazine groups is 1. The summed E-state index contributed by atoms with van der Waals surface area (Å²) >= 11 is 3.16. The van der Waals surface area contributed by atoms with Crippen molar-refractivity contribution in [2.45, 2.75) is 24.3 Å². The van der Waals surface area contributed by atoms with Crippen LogP contribution in [0.4, 0.5) is 4.79 Å². The van der Waals surface area contributed by atoms with Crippen LogP contribution >= 0.6 is 15.9 Å². The number of benzene rings is 1. The lowest BCUT2D eigenvalue weighted by atomic mass is 10.2. The Hall–Kier alpha value is -1.54. The van der Waals surface area contributed by atoms with Crippen LogP contribution in [0.1, 0.15) is 13.3 Å². The molecule has 1 aliphatic heterocycles. The molecule has 0 saturated carbocycles. The number of urea groups is 1. The molecule has 2 N–H and O–H groups in total. The topological polar surface area (TPSA) is 78.5 Å². The van der Waals surface area contributed by atoms with Gasteiger partial charge in [-0.1, -0.05) is 19.1 Å². The standard InChI is InChI=1S/C12H14BrN3O3S/c1-2-9-7-8-14-16(9)12(17)15-20(18,19)11-6-4-3-5-10(11)13/h3-9,14H,2H2,1H3,(H,15,17). The molecule has 1 aromatic rings. The van der Waals surface area contributed by atoms with Gasteiger partial charge < -0.3 is 5.43 Å². The number of hydrogen-bond acceptors (Lipinski definition) is 4. The van der Waals surface area contributed by atoms with Gasteiger partial charge in [-0.3, -0.25) is 0 Å². The predicted octanol–water partition coefficient (Wildman–Crippen LogP) is 1.96. The predicted molar refractivity (Wildman–Crippen MR) is 78.1 cm³/mol. The first kappa shape index (κ1) is 14.9. The molecule has 0 spiro atoms. The fourth-order valence-electron chi connectivity index (χ4n) is 1.83. The molecular weight excluding hydrogens is 346 g/mol. The van der Waals surface area contributed by atoms with Crippen LogP contribution in [0, 0.1) is 0 Å². The summed E-state index contributed by atoms with van der Waals surface area (Å²) in [5.41, 5.74) is 2.71. The second-order valence-corrected chi connectivity index (χ2v) is 6.68. The number of halogens is 1. The number of hydrogen-bond donors (Lipinski definition) is 2. The van der Waals surface area contributed by atoms with E-state index in [9.17, 15) is 13.2 Å². The maximum absolute atomic E-state index is 12.2. The van der Waals surface area contributed by atoms with Gasteiger partial charge in [-0.2, -0.15) is 0 Å². The number of nitrogens with one attached hydrogen (secondary N) is 2. The van der Waals surface area contributed by atoms with Gasteiger partial charge in [0.1, 0.15) is 4.90 Å². The van der Waals surface area contributed by atoms with E-state index in [1.807, 2.05) is 11.6 Å². The number of sulfonamides is 1. The van der Waals surface area contributed by atoms with E-state index in [1.54, 1.807) is 30.5 Å². The van der Waals surface area contributed by atoms with Crippen LogP contribution in [0.25, 0.3) is 0 Å². The molecule has 108 valence electrons. The molecule has 20 heavy (non-hydrogen) atoms. The zero-order chi connectivity index (χ0) is 14.8. The molecule has 1 heterocycles. The molecule has 1 unspecified atom stereocenters. The maximum Gasteiger partial charge on any atom is 0.350 e. The van der Waals surface area contributed by atoms with E-state index in [0.29, 0.717) is 10.9 Å². The van der Waals surface area contributed by atoms with E-state index in [2.05, 4.69) is 21.4 Å². The highest BCUT2D eigenvalue weighted by Gasteiger charge is 2.28. The van der Waals surface area contributed by atoms with E-state index >= 15 is 0 Å². The molecule has 8 heteroatoms. The number of rotatable bonds is 3. The molecule has 0 fully saturated rings. The Morgan fingerprint density at radius 2 is 2.15 bits per heavy atom. The SMILES string of the molecule is CCC1C=CNN1C(=O)NS(=O)(=O)c1ccccc1Br. The molecule has 0 radical (unpaired) electrons. The Morgan fingerprint density at radius 3 is 2.80 bits per heavy atom. The van der Waals surface area contributed by atoms with Crippen molar-refractivity contribution in [3.05, 3.63) is 41.0 Å². The average molecular weight is 360 g/mol. The smallest absolute Gasteiger partial charge is 0.302 e. The lowest BCUT2D eigenvalue weighted by Gasteiger charge is -2.23. The van der Waals surface area contributed by atoms with E-state index in [1.165, 1.54) is 11.1 Å². The summed E-state index contributed by atoms with van der Waals surface area (Å²) in [6, 6.07) is 5.44. The first-order valence-electron chi connectivity index (χ1n) is 5.99.